The number of anilines is 1. The minimum Gasteiger partial charge on any atom is -0.504 e. The van der Waals surface area contributed by atoms with Gasteiger partial charge >= 0.3 is 0 Å². The van der Waals surface area contributed by atoms with Gasteiger partial charge in [-0.25, -0.2) is 9.97 Å². The van der Waals surface area contributed by atoms with Crippen molar-refractivity contribution in [1.82, 2.24) is 9.97 Å². The van der Waals surface area contributed by atoms with Crippen molar-refractivity contribution in [2.24, 2.45) is 0 Å². The number of aryl methyl sites for hydroxylation is 1. The van der Waals surface area contributed by atoms with E-state index in [0.29, 0.717) is 12.8 Å². The molecule has 0 atom stereocenters. The maximum absolute atomic E-state index is 11.9. The molecular weight excluding hydrogens is 334 g/mol. The van der Waals surface area contributed by atoms with Gasteiger partial charge in [0.25, 0.3) is 0 Å². The number of carbonyl (C=O) groups excluding carboxylic acids is 1. The summed E-state index contributed by atoms with van der Waals surface area (Å²) in [6.07, 6.45) is 1.73. The van der Waals surface area contributed by atoms with Crippen molar-refractivity contribution in [3.63, 3.8) is 0 Å². The van der Waals surface area contributed by atoms with Gasteiger partial charge in [0.15, 0.2) is 11.6 Å². The topological polar surface area (TPSA) is 75.1 Å². The van der Waals surface area contributed by atoms with E-state index in [1.807, 2.05) is 24.3 Å². The summed E-state index contributed by atoms with van der Waals surface area (Å²) in [7, 11) is 0. The average molecular weight is 348 g/mol. The van der Waals surface area contributed by atoms with Crippen molar-refractivity contribution in [2.75, 3.05) is 5.32 Å². The number of nitrogens with one attached hydrogen (secondary N) is 1. The van der Waals surface area contributed by atoms with E-state index in [1.165, 1.54) is 12.1 Å². The van der Waals surface area contributed by atoms with Crippen molar-refractivity contribution in [2.45, 2.75) is 19.3 Å². The van der Waals surface area contributed by atoms with E-state index in [1.54, 1.807) is 11.3 Å². The zero-order valence-corrected chi connectivity index (χ0v) is 13.7. The first-order chi connectivity index (χ1) is 11.1. The minimum absolute atomic E-state index is 0.0856. The summed E-state index contributed by atoms with van der Waals surface area (Å²) in [6.45, 7) is 0. The fourth-order valence-corrected chi connectivity index (χ4v) is 3.30. The maximum atomic E-state index is 11.9. The Morgan fingerprint density at radius 2 is 2.04 bits per heavy atom. The van der Waals surface area contributed by atoms with E-state index in [0.717, 1.165) is 21.6 Å². The van der Waals surface area contributed by atoms with Gasteiger partial charge in [-0.1, -0.05) is 23.7 Å². The van der Waals surface area contributed by atoms with Crippen LogP contribution in [0.5, 0.6) is 5.75 Å². The minimum atomic E-state index is -0.212. The number of aromatic nitrogens is 2. The third-order valence-electron chi connectivity index (χ3n) is 3.23. The number of hydrogen-bond donors (Lipinski definition) is 2. The van der Waals surface area contributed by atoms with E-state index in [2.05, 4.69) is 15.3 Å². The molecule has 3 aromatic rings. The molecule has 0 radical (unpaired) electrons. The standard InChI is InChI=1S/C16H14ClN3O2S/c17-13-9-8-11(21)16(19-13)20-14(22)6-3-7-15-18-10-4-1-2-5-12(10)23-15/h1-2,4-5,8-9,21H,3,6-7H2,(H,19,20,22). The van der Waals surface area contributed by atoms with Gasteiger partial charge < -0.3 is 10.4 Å². The third-order valence-corrected chi connectivity index (χ3v) is 4.54. The molecule has 0 unspecified atom stereocenters. The summed E-state index contributed by atoms with van der Waals surface area (Å²) in [5.41, 5.74) is 0.991. The van der Waals surface area contributed by atoms with Crippen LogP contribution in [-0.4, -0.2) is 21.0 Å². The Bertz CT molecular complexity index is 817. The molecule has 1 amide bonds. The van der Waals surface area contributed by atoms with Crippen LogP contribution in [0.2, 0.25) is 5.15 Å². The molecule has 3 rings (SSSR count). The van der Waals surface area contributed by atoms with Crippen molar-refractivity contribution in [3.8, 4) is 5.75 Å². The SMILES string of the molecule is O=C(CCCc1nc2ccccc2s1)Nc1nc(Cl)ccc1O. The summed E-state index contributed by atoms with van der Waals surface area (Å²) in [5.74, 6) is -0.229. The highest BCUT2D eigenvalue weighted by Gasteiger charge is 2.09. The predicted molar refractivity (Wildman–Crippen MR) is 92.1 cm³/mol. The quantitative estimate of drug-likeness (QED) is 0.684. The van der Waals surface area contributed by atoms with E-state index in [9.17, 15) is 9.90 Å². The number of fused-ring (bicyclic) bond motifs is 1. The fraction of sp³-hybridized carbons (Fsp3) is 0.188. The van der Waals surface area contributed by atoms with Crippen LogP contribution in [-0.2, 0) is 11.2 Å². The van der Waals surface area contributed by atoms with E-state index < -0.39 is 0 Å². The molecule has 23 heavy (non-hydrogen) atoms. The molecule has 1 aromatic carbocycles. The summed E-state index contributed by atoms with van der Waals surface area (Å²) < 4.78 is 1.15. The molecule has 0 aliphatic carbocycles. The lowest BCUT2D eigenvalue weighted by molar-refractivity contribution is -0.116. The molecule has 0 bridgehead atoms. The molecule has 118 valence electrons. The molecule has 0 fully saturated rings. The lowest BCUT2D eigenvalue weighted by Crippen LogP contribution is -2.12. The van der Waals surface area contributed by atoms with E-state index in [4.69, 9.17) is 11.6 Å². The fourth-order valence-electron chi connectivity index (χ4n) is 2.14. The summed E-state index contributed by atoms with van der Waals surface area (Å²) in [6, 6.07) is 10.8. The summed E-state index contributed by atoms with van der Waals surface area (Å²) in [4.78, 5) is 20.3. The molecule has 2 heterocycles. The highest BCUT2D eigenvalue weighted by molar-refractivity contribution is 7.18. The number of hydrogen-bond acceptors (Lipinski definition) is 5. The van der Waals surface area contributed by atoms with Gasteiger partial charge in [0, 0.05) is 6.42 Å². The van der Waals surface area contributed by atoms with Gasteiger partial charge in [0.05, 0.1) is 15.2 Å². The zero-order valence-electron chi connectivity index (χ0n) is 12.1. The van der Waals surface area contributed by atoms with Crippen LogP contribution in [0.15, 0.2) is 36.4 Å². The van der Waals surface area contributed by atoms with Crippen molar-refractivity contribution >= 4 is 44.9 Å². The van der Waals surface area contributed by atoms with Gasteiger partial charge in [-0.15, -0.1) is 11.3 Å². The van der Waals surface area contributed by atoms with E-state index in [-0.39, 0.29) is 22.6 Å². The Morgan fingerprint density at radius 3 is 2.87 bits per heavy atom. The summed E-state index contributed by atoms with van der Waals surface area (Å²) in [5, 5.41) is 13.4. The highest BCUT2D eigenvalue weighted by Crippen LogP contribution is 2.24. The second-order valence-electron chi connectivity index (χ2n) is 4.98. The molecule has 5 nitrogen and oxygen atoms in total. The number of halogens is 1. The molecule has 2 aromatic heterocycles. The first kappa shape index (κ1) is 15.7. The number of benzene rings is 1. The lowest BCUT2D eigenvalue weighted by atomic mass is 10.2. The Balaban J connectivity index is 1.53. The number of nitrogens with zero attached hydrogens (tertiary/aromatic N) is 2. The first-order valence-corrected chi connectivity index (χ1v) is 8.31. The van der Waals surface area contributed by atoms with Gasteiger partial charge in [-0.2, -0.15) is 0 Å². The Labute approximate surface area is 142 Å². The molecule has 7 heteroatoms. The van der Waals surface area contributed by atoms with Gasteiger partial charge in [-0.05, 0) is 37.1 Å². The molecule has 0 saturated carbocycles. The van der Waals surface area contributed by atoms with Crippen LogP contribution in [0.4, 0.5) is 5.82 Å². The second-order valence-corrected chi connectivity index (χ2v) is 6.48. The molecule has 2 N–H and O–H groups in total. The molecule has 0 spiro atoms. The second kappa shape index (κ2) is 6.93. The normalized spacial score (nSPS) is 10.8. The number of carbonyl (C=O) groups is 1. The number of aromatic hydroxyl groups is 1. The molecule has 0 saturated heterocycles. The molecule has 0 aliphatic rings. The Morgan fingerprint density at radius 1 is 1.22 bits per heavy atom. The average Bonchev–Trinajstić information content (AvgIpc) is 2.93. The van der Waals surface area contributed by atoms with Gasteiger partial charge in [0.1, 0.15) is 5.15 Å². The number of thiazole rings is 1. The van der Waals surface area contributed by atoms with Gasteiger partial charge in [0.2, 0.25) is 5.91 Å². The van der Waals surface area contributed by atoms with Crippen molar-refractivity contribution in [3.05, 3.63) is 46.6 Å². The van der Waals surface area contributed by atoms with E-state index >= 15 is 0 Å². The predicted octanol–water partition coefficient (Wildman–Crippen LogP) is 4.01. The maximum Gasteiger partial charge on any atom is 0.225 e. The Kier molecular flexibility index (Phi) is 4.73. The van der Waals surface area contributed by atoms with Gasteiger partial charge in [-0.3, -0.25) is 4.79 Å². The van der Waals surface area contributed by atoms with Crippen LogP contribution in [0.1, 0.15) is 17.8 Å². The first-order valence-electron chi connectivity index (χ1n) is 7.11. The number of para-hydroxylation sites is 1. The van der Waals surface area contributed by atoms with Crippen molar-refractivity contribution < 1.29 is 9.90 Å². The highest BCUT2D eigenvalue weighted by atomic mass is 35.5. The molecule has 0 aliphatic heterocycles. The van der Waals surface area contributed by atoms with Crippen LogP contribution in [0, 0.1) is 0 Å². The van der Waals surface area contributed by atoms with Crippen molar-refractivity contribution in [1.29, 1.82) is 0 Å². The smallest absolute Gasteiger partial charge is 0.225 e. The lowest BCUT2D eigenvalue weighted by Gasteiger charge is -2.06. The monoisotopic (exact) mass is 347 g/mol. The number of pyridine rings is 1. The third kappa shape index (κ3) is 3.97. The molecular formula is C16H14ClN3O2S. The van der Waals surface area contributed by atoms with Crippen LogP contribution < -0.4 is 5.32 Å². The van der Waals surface area contributed by atoms with Crippen LogP contribution in [0.3, 0.4) is 0 Å². The van der Waals surface area contributed by atoms with Crippen LogP contribution in [0.25, 0.3) is 10.2 Å². The summed E-state index contributed by atoms with van der Waals surface area (Å²) >= 11 is 7.39. The largest absolute Gasteiger partial charge is 0.504 e. The number of rotatable bonds is 5. The Hall–Kier alpha value is -2.18. The van der Waals surface area contributed by atoms with Crippen LogP contribution >= 0.6 is 22.9 Å². The zero-order chi connectivity index (χ0) is 16.2. The number of amides is 1.